The minimum atomic E-state index is -3.05. The maximum Gasteiger partial charge on any atom is 0.387 e. The van der Waals surface area contributed by atoms with Gasteiger partial charge in [-0.2, -0.15) is 8.78 Å². The predicted octanol–water partition coefficient (Wildman–Crippen LogP) is 7.44. The number of hydrogen-bond acceptors (Lipinski definition) is 5. The fourth-order valence-electron chi connectivity index (χ4n) is 3.01. The van der Waals surface area contributed by atoms with Gasteiger partial charge in [0, 0.05) is 22.0 Å². The Kier molecular flexibility index (Phi) is 10.1. The molecule has 0 bridgehead atoms. The van der Waals surface area contributed by atoms with Crippen LogP contribution in [0, 0.1) is 0 Å². The second-order valence-electron chi connectivity index (χ2n) is 7.51. The summed E-state index contributed by atoms with van der Waals surface area (Å²) in [6, 6.07) is 10.1. The molecule has 0 aliphatic heterocycles. The maximum atomic E-state index is 12.9. The highest BCUT2D eigenvalue weighted by molar-refractivity contribution is 6.35. The van der Waals surface area contributed by atoms with Crippen LogP contribution in [0.5, 0.6) is 11.5 Å². The molecule has 0 amide bonds. The molecule has 0 fully saturated rings. The van der Waals surface area contributed by atoms with Gasteiger partial charge in [0.15, 0.2) is 11.5 Å². The Hall–Kier alpha value is -2.90. The number of aldehydes is 1. The molecule has 2 aromatic rings. The van der Waals surface area contributed by atoms with Crippen LogP contribution < -0.4 is 9.47 Å². The zero-order valence-corrected chi connectivity index (χ0v) is 20.3. The summed E-state index contributed by atoms with van der Waals surface area (Å²) >= 11 is 12.3. The van der Waals surface area contributed by atoms with Gasteiger partial charge in [0.1, 0.15) is 12.4 Å². The molecule has 182 valence electrons. The lowest BCUT2D eigenvalue weighted by atomic mass is 10.00. The van der Waals surface area contributed by atoms with Crippen LogP contribution in [0.2, 0.25) is 0 Å². The SMILES string of the molecule is C=C(Cl)/C(C[C@H](OC(=O)c1ccc(C=O)cc1)c1ccc(OC(F)F)c(OC(C)C)c1)=C(\C)Cl. The largest absolute Gasteiger partial charge is 0.487 e. The standard InChI is InChI=1S/C25H24Cl2F2O5/c1-14(2)32-23-11-19(9-10-21(23)34-25(28)29)22(12-20(15(3)26)16(4)27)33-24(31)18-7-5-17(13-30)6-8-18/h5-11,13-14,22,25H,3,12H2,1-2,4H3/b20-16+/t22-/m0/s1. The molecule has 0 spiro atoms. The van der Waals surface area contributed by atoms with Crippen molar-refractivity contribution in [1.29, 1.82) is 0 Å². The van der Waals surface area contributed by atoms with Gasteiger partial charge in [0.2, 0.25) is 0 Å². The number of carbonyl (C=O) groups excluding carboxylic acids is 2. The maximum absolute atomic E-state index is 12.9. The zero-order valence-electron chi connectivity index (χ0n) is 18.8. The molecule has 2 rings (SSSR count). The summed E-state index contributed by atoms with van der Waals surface area (Å²) < 4.78 is 41.6. The number of alkyl halides is 2. The molecule has 1 atom stereocenters. The van der Waals surface area contributed by atoms with Crippen LogP contribution in [0.4, 0.5) is 8.78 Å². The summed E-state index contributed by atoms with van der Waals surface area (Å²) in [6.07, 6.45) is -0.543. The highest BCUT2D eigenvalue weighted by Crippen LogP contribution is 2.38. The molecular formula is C25H24Cl2F2O5. The Bertz CT molecular complexity index is 1060. The van der Waals surface area contributed by atoms with Crippen molar-refractivity contribution in [1.82, 2.24) is 0 Å². The van der Waals surface area contributed by atoms with E-state index in [2.05, 4.69) is 11.3 Å². The van der Waals surface area contributed by atoms with Gasteiger partial charge in [0.05, 0.1) is 11.7 Å². The average Bonchev–Trinajstić information content (AvgIpc) is 2.76. The number of rotatable bonds is 11. The van der Waals surface area contributed by atoms with Crippen molar-refractivity contribution in [2.75, 3.05) is 0 Å². The lowest BCUT2D eigenvalue weighted by Gasteiger charge is -2.22. The van der Waals surface area contributed by atoms with Crippen molar-refractivity contribution in [2.45, 2.75) is 46.0 Å². The van der Waals surface area contributed by atoms with Crippen molar-refractivity contribution in [3.8, 4) is 11.5 Å². The van der Waals surface area contributed by atoms with E-state index in [1.807, 2.05) is 0 Å². The third-order valence-corrected chi connectivity index (χ3v) is 5.04. The summed E-state index contributed by atoms with van der Waals surface area (Å²) in [5, 5.41) is 0.521. The smallest absolute Gasteiger partial charge is 0.387 e. The number of allylic oxidation sites excluding steroid dienone is 2. The van der Waals surface area contributed by atoms with Gasteiger partial charge < -0.3 is 14.2 Å². The molecular weight excluding hydrogens is 489 g/mol. The van der Waals surface area contributed by atoms with Crippen LogP contribution in [-0.4, -0.2) is 25.0 Å². The molecule has 0 unspecified atom stereocenters. The molecule has 0 aliphatic carbocycles. The summed E-state index contributed by atoms with van der Waals surface area (Å²) in [4.78, 5) is 23.7. The molecule has 0 radical (unpaired) electrons. The van der Waals surface area contributed by atoms with E-state index in [0.717, 1.165) is 0 Å². The van der Waals surface area contributed by atoms with E-state index in [1.165, 1.54) is 42.5 Å². The molecule has 5 nitrogen and oxygen atoms in total. The van der Waals surface area contributed by atoms with Gasteiger partial charge in [-0.15, -0.1) is 0 Å². The van der Waals surface area contributed by atoms with Crippen molar-refractivity contribution < 1.29 is 32.6 Å². The molecule has 0 saturated carbocycles. The van der Waals surface area contributed by atoms with E-state index in [9.17, 15) is 18.4 Å². The Morgan fingerprint density at radius 2 is 1.71 bits per heavy atom. The number of benzene rings is 2. The summed E-state index contributed by atoms with van der Waals surface area (Å²) in [7, 11) is 0. The molecule has 9 heteroatoms. The molecule has 34 heavy (non-hydrogen) atoms. The molecule has 0 saturated heterocycles. The van der Waals surface area contributed by atoms with Crippen molar-refractivity contribution in [2.24, 2.45) is 0 Å². The first-order valence-electron chi connectivity index (χ1n) is 10.2. The van der Waals surface area contributed by atoms with Gasteiger partial charge in [-0.25, -0.2) is 4.79 Å². The quantitative estimate of drug-likeness (QED) is 0.178. The Labute approximate surface area is 206 Å². The lowest BCUT2D eigenvalue weighted by Crippen LogP contribution is -2.14. The summed E-state index contributed by atoms with van der Waals surface area (Å²) in [5.41, 5.74) is 1.50. The van der Waals surface area contributed by atoms with Crippen molar-refractivity contribution >= 4 is 35.5 Å². The second kappa shape index (κ2) is 12.5. The first-order chi connectivity index (χ1) is 16.0. The van der Waals surface area contributed by atoms with E-state index in [1.54, 1.807) is 20.8 Å². The van der Waals surface area contributed by atoms with E-state index >= 15 is 0 Å². The van der Waals surface area contributed by atoms with Crippen LogP contribution in [0.25, 0.3) is 0 Å². The van der Waals surface area contributed by atoms with E-state index in [-0.39, 0.29) is 34.6 Å². The van der Waals surface area contributed by atoms with Crippen LogP contribution in [0.1, 0.15) is 59.6 Å². The lowest BCUT2D eigenvalue weighted by molar-refractivity contribution is -0.0519. The fraction of sp³-hybridized carbons (Fsp3) is 0.280. The van der Waals surface area contributed by atoms with Gasteiger partial charge in [0.25, 0.3) is 0 Å². The number of esters is 1. The second-order valence-corrected chi connectivity index (χ2v) is 8.53. The average molecular weight is 513 g/mol. The van der Waals surface area contributed by atoms with Crippen LogP contribution in [0.3, 0.4) is 0 Å². The Morgan fingerprint density at radius 3 is 2.21 bits per heavy atom. The number of halogens is 4. The normalized spacial score (nSPS) is 12.7. The molecule has 2 aromatic carbocycles. The zero-order chi connectivity index (χ0) is 25.4. The predicted molar refractivity (Wildman–Crippen MR) is 127 cm³/mol. The Morgan fingerprint density at radius 1 is 1.06 bits per heavy atom. The van der Waals surface area contributed by atoms with Gasteiger partial charge in [-0.1, -0.05) is 48.0 Å². The summed E-state index contributed by atoms with van der Waals surface area (Å²) in [5.74, 6) is -0.775. The number of hydrogen-bond donors (Lipinski definition) is 0. The molecule has 0 aromatic heterocycles. The van der Waals surface area contributed by atoms with Crippen LogP contribution in [0.15, 0.2) is 64.7 Å². The minimum Gasteiger partial charge on any atom is -0.487 e. The van der Waals surface area contributed by atoms with Crippen molar-refractivity contribution in [3.05, 3.63) is 81.4 Å². The highest BCUT2D eigenvalue weighted by Gasteiger charge is 2.24. The summed E-state index contributed by atoms with van der Waals surface area (Å²) in [6.45, 7) is 5.74. The van der Waals surface area contributed by atoms with Crippen LogP contribution in [-0.2, 0) is 4.74 Å². The van der Waals surface area contributed by atoms with E-state index < -0.39 is 18.7 Å². The van der Waals surface area contributed by atoms with Gasteiger partial charge in [-0.05, 0) is 56.2 Å². The third kappa shape index (κ3) is 7.85. The molecule has 0 heterocycles. The first kappa shape index (κ1) is 27.3. The topological polar surface area (TPSA) is 61.8 Å². The molecule has 0 aliphatic rings. The fourth-order valence-corrected chi connectivity index (χ4v) is 3.47. The number of carbonyl (C=O) groups is 2. The number of ether oxygens (including phenoxy) is 3. The molecule has 0 N–H and O–H groups in total. The monoisotopic (exact) mass is 512 g/mol. The first-order valence-corrected chi connectivity index (χ1v) is 11.0. The third-order valence-electron chi connectivity index (χ3n) is 4.58. The van der Waals surface area contributed by atoms with Gasteiger partial charge >= 0.3 is 12.6 Å². The Balaban J connectivity index is 2.49. The van der Waals surface area contributed by atoms with E-state index in [4.69, 9.17) is 32.7 Å². The van der Waals surface area contributed by atoms with E-state index in [0.29, 0.717) is 28.0 Å². The highest BCUT2D eigenvalue weighted by atomic mass is 35.5. The van der Waals surface area contributed by atoms with Crippen LogP contribution >= 0.6 is 23.2 Å². The minimum absolute atomic E-state index is 0.0574. The van der Waals surface area contributed by atoms with Crippen molar-refractivity contribution in [3.63, 3.8) is 0 Å². The van der Waals surface area contributed by atoms with Gasteiger partial charge in [-0.3, -0.25) is 4.79 Å².